The van der Waals surface area contributed by atoms with Crippen LogP contribution in [-0.2, 0) is 0 Å². The van der Waals surface area contributed by atoms with Crippen molar-refractivity contribution in [2.24, 2.45) is 0 Å². The molecule has 2 nitrogen and oxygen atoms in total. The quantitative estimate of drug-likeness (QED) is 0.169. The predicted molar refractivity (Wildman–Crippen MR) is 212 cm³/mol. The zero-order chi connectivity index (χ0) is 32.7. The van der Waals surface area contributed by atoms with Crippen LogP contribution < -0.4 is 4.90 Å². The summed E-state index contributed by atoms with van der Waals surface area (Å²) in [5, 5.41) is 4.97. The van der Waals surface area contributed by atoms with Gasteiger partial charge in [0.15, 0.2) is 0 Å². The van der Waals surface area contributed by atoms with Gasteiger partial charge in [-0.2, -0.15) is 0 Å². The Hall–Kier alpha value is -5.90. The molecule has 0 amide bonds. The molecule has 9 aromatic rings. The van der Waals surface area contributed by atoms with E-state index in [1.54, 1.807) is 0 Å². The van der Waals surface area contributed by atoms with Gasteiger partial charge in [-0.05, 0) is 99.8 Å². The maximum atomic E-state index is 3.88. The molecule has 0 N–H and O–H groups in total. The molecule has 0 bridgehead atoms. The standard InChI is InChI=1S/C46H31BrN2/c47-38-27-37(34-21-24-39(25-22-34)49-45-19-8-6-17-43(45)44-18-7-9-20-46(44)49)30-42(31-38)48(41-26-23-33-13-4-5-14-35(33)29-41)40-16-10-15-36(28-40)32-11-2-1-3-12-32/h1-31H. The second kappa shape index (κ2) is 12.3. The van der Waals surface area contributed by atoms with Gasteiger partial charge in [-0.1, -0.05) is 137 Å². The molecule has 0 atom stereocenters. The summed E-state index contributed by atoms with van der Waals surface area (Å²) in [6, 6.07) is 67.6. The van der Waals surface area contributed by atoms with E-state index in [-0.39, 0.29) is 0 Å². The van der Waals surface area contributed by atoms with Crippen LogP contribution in [0.2, 0.25) is 0 Å². The Bertz CT molecular complexity index is 2570. The molecule has 1 aromatic heterocycles. The first-order valence-electron chi connectivity index (χ1n) is 16.5. The number of benzene rings is 8. The second-order valence-electron chi connectivity index (χ2n) is 12.4. The number of nitrogens with zero attached hydrogens (tertiary/aromatic N) is 2. The summed E-state index contributed by atoms with van der Waals surface area (Å²) in [5.74, 6) is 0. The number of aromatic nitrogens is 1. The smallest absolute Gasteiger partial charge is 0.0541 e. The Labute approximate surface area is 294 Å². The highest BCUT2D eigenvalue weighted by Gasteiger charge is 2.17. The van der Waals surface area contributed by atoms with Gasteiger partial charge < -0.3 is 9.47 Å². The maximum Gasteiger partial charge on any atom is 0.0541 e. The van der Waals surface area contributed by atoms with E-state index < -0.39 is 0 Å². The van der Waals surface area contributed by atoms with Crippen LogP contribution in [0, 0.1) is 0 Å². The molecule has 0 saturated heterocycles. The molecule has 49 heavy (non-hydrogen) atoms. The average molecular weight is 692 g/mol. The molecular formula is C46H31BrN2. The lowest BCUT2D eigenvalue weighted by Crippen LogP contribution is -2.10. The van der Waals surface area contributed by atoms with Crippen molar-refractivity contribution in [3.63, 3.8) is 0 Å². The van der Waals surface area contributed by atoms with E-state index in [2.05, 4.69) is 213 Å². The lowest BCUT2D eigenvalue weighted by molar-refractivity contribution is 1.18. The molecule has 0 saturated carbocycles. The zero-order valence-corrected chi connectivity index (χ0v) is 28.3. The minimum Gasteiger partial charge on any atom is -0.310 e. The van der Waals surface area contributed by atoms with Crippen LogP contribution in [0.3, 0.4) is 0 Å². The molecule has 0 aliphatic carbocycles. The van der Waals surface area contributed by atoms with E-state index in [0.29, 0.717) is 0 Å². The van der Waals surface area contributed by atoms with E-state index >= 15 is 0 Å². The van der Waals surface area contributed by atoms with Crippen LogP contribution >= 0.6 is 15.9 Å². The monoisotopic (exact) mass is 690 g/mol. The second-order valence-corrected chi connectivity index (χ2v) is 13.3. The summed E-state index contributed by atoms with van der Waals surface area (Å²) in [7, 11) is 0. The molecule has 232 valence electrons. The molecule has 3 heteroatoms. The van der Waals surface area contributed by atoms with Gasteiger partial charge in [-0.15, -0.1) is 0 Å². The summed E-state index contributed by atoms with van der Waals surface area (Å²) in [6.07, 6.45) is 0. The molecule has 9 rings (SSSR count). The van der Waals surface area contributed by atoms with Crippen LogP contribution in [0.25, 0.3) is 60.5 Å². The van der Waals surface area contributed by atoms with E-state index in [9.17, 15) is 0 Å². The van der Waals surface area contributed by atoms with Gasteiger partial charge in [0, 0.05) is 38.0 Å². The van der Waals surface area contributed by atoms with Crippen LogP contribution in [0.5, 0.6) is 0 Å². The molecule has 0 fully saturated rings. The number of hydrogen-bond acceptors (Lipinski definition) is 1. The Kier molecular flexibility index (Phi) is 7.33. The number of para-hydroxylation sites is 2. The van der Waals surface area contributed by atoms with E-state index in [1.165, 1.54) is 43.7 Å². The molecular weight excluding hydrogens is 660 g/mol. The van der Waals surface area contributed by atoms with Gasteiger partial charge in [-0.3, -0.25) is 0 Å². The normalized spacial score (nSPS) is 11.4. The fourth-order valence-corrected chi connectivity index (χ4v) is 7.57. The minimum atomic E-state index is 1.02. The molecule has 0 radical (unpaired) electrons. The number of anilines is 3. The largest absolute Gasteiger partial charge is 0.310 e. The van der Waals surface area contributed by atoms with E-state index in [4.69, 9.17) is 0 Å². The van der Waals surface area contributed by atoms with Gasteiger partial charge in [0.25, 0.3) is 0 Å². The van der Waals surface area contributed by atoms with Crippen LogP contribution in [0.1, 0.15) is 0 Å². The summed E-state index contributed by atoms with van der Waals surface area (Å²) in [5.41, 5.74) is 11.5. The first-order valence-corrected chi connectivity index (χ1v) is 17.3. The SMILES string of the molecule is Brc1cc(-c2ccc(-n3c4ccccc4c4ccccc43)cc2)cc(N(c2cccc(-c3ccccc3)c2)c2ccc3ccccc3c2)c1. The Morgan fingerprint density at radius 3 is 1.71 bits per heavy atom. The van der Waals surface area contributed by atoms with Crippen molar-refractivity contribution in [2.75, 3.05) is 4.90 Å². The third-order valence-corrected chi connectivity index (χ3v) is 9.84. The number of hydrogen-bond donors (Lipinski definition) is 0. The fourth-order valence-electron chi connectivity index (χ4n) is 7.09. The van der Waals surface area contributed by atoms with Gasteiger partial charge in [-0.25, -0.2) is 0 Å². The van der Waals surface area contributed by atoms with Crippen LogP contribution in [0.4, 0.5) is 17.1 Å². The Morgan fingerprint density at radius 1 is 0.367 bits per heavy atom. The predicted octanol–water partition coefficient (Wildman–Crippen LogP) is 13.5. The van der Waals surface area contributed by atoms with E-state index in [1.807, 2.05) is 0 Å². The highest BCUT2D eigenvalue weighted by atomic mass is 79.9. The molecule has 0 aliphatic rings. The molecule has 1 heterocycles. The number of rotatable bonds is 6. The van der Waals surface area contributed by atoms with Crippen molar-refractivity contribution in [3.05, 3.63) is 193 Å². The molecule has 0 spiro atoms. The van der Waals surface area contributed by atoms with Gasteiger partial charge in [0.1, 0.15) is 0 Å². The van der Waals surface area contributed by atoms with E-state index in [0.717, 1.165) is 38.3 Å². The summed E-state index contributed by atoms with van der Waals surface area (Å²) >= 11 is 3.88. The van der Waals surface area contributed by atoms with Crippen molar-refractivity contribution in [2.45, 2.75) is 0 Å². The lowest BCUT2D eigenvalue weighted by atomic mass is 10.0. The van der Waals surface area contributed by atoms with Crippen molar-refractivity contribution >= 4 is 65.6 Å². The van der Waals surface area contributed by atoms with Crippen LogP contribution in [-0.4, -0.2) is 4.57 Å². The molecule has 8 aromatic carbocycles. The van der Waals surface area contributed by atoms with Crippen molar-refractivity contribution in [1.29, 1.82) is 0 Å². The average Bonchev–Trinajstić information content (AvgIpc) is 3.50. The third-order valence-electron chi connectivity index (χ3n) is 9.38. The first-order chi connectivity index (χ1) is 24.2. The van der Waals surface area contributed by atoms with Gasteiger partial charge in [0.2, 0.25) is 0 Å². The maximum absolute atomic E-state index is 3.88. The Morgan fingerprint density at radius 2 is 0.959 bits per heavy atom. The van der Waals surface area contributed by atoms with Crippen molar-refractivity contribution < 1.29 is 0 Å². The lowest BCUT2D eigenvalue weighted by Gasteiger charge is -2.27. The van der Waals surface area contributed by atoms with Gasteiger partial charge in [0.05, 0.1) is 11.0 Å². The third kappa shape index (κ3) is 5.39. The minimum absolute atomic E-state index is 1.02. The fraction of sp³-hybridized carbons (Fsp3) is 0. The summed E-state index contributed by atoms with van der Waals surface area (Å²) < 4.78 is 3.39. The zero-order valence-electron chi connectivity index (χ0n) is 26.7. The van der Waals surface area contributed by atoms with Gasteiger partial charge >= 0.3 is 0 Å². The topological polar surface area (TPSA) is 8.17 Å². The summed E-state index contributed by atoms with van der Waals surface area (Å²) in [4.78, 5) is 2.36. The molecule has 0 aliphatic heterocycles. The Balaban J connectivity index is 1.16. The van der Waals surface area contributed by atoms with Crippen molar-refractivity contribution in [1.82, 2.24) is 4.57 Å². The first kappa shape index (κ1) is 29.3. The number of halogens is 1. The number of fused-ring (bicyclic) bond motifs is 4. The highest BCUT2D eigenvalue weighted by Crippen LogP contribution is 2.41. The highest BCUT2D eigenvalue weighted by molar-refractivity contribution is 9.10. The summed E-state index contributed by atoms with van der Waals surface area (Å²) in [6.45, 7) is 0. The van der Waals surface area contributed by atoms with Crippen LogP contribution in [0.15, 0.2) is 193 Å². The molecule has 0 unspecified atom stereocenters. The van der Waals surface area contributed by atoms with Crippen molar-refractivity contribution in [3.8, 4) is 27.9 Å².